The maximum Gasteiger partial charge on any atom is 0.0154 e. The Morgan fingerprint density at radius 3 is 1.08 bits per heavy atom. The Morgan fingerprint density at radius 1 is 0.667 bits per heavy atom. The van der Waals surface area contributed by atoms with Crippen LogP contribution in [0.2, 0.25) is 0 Å². The van der Waals surface area contributed by atoms with E-state index < -0.39 is 0 Å². The molecule has 0 aliphatic heterocycles. The van der Waals surface area contributed by atoms with Gasteiger partial charge in [0.1, 0.15) is 0 Å². The molecule has 0 aliphatic rings. The summed E-state index contributed by atoms with van der Waals surface area (Å²) in [6.07, 6.45) is 0. The van der Waals surface area contributed by atoms with E-state index in [-0.39, 0.29) is 0 Å². The molecule has 1 aromatic carbocycles. The molecule has 0 saturated carbocycles. The van der Waals surface area contributed by atoms with Gasteiger partial charge in [-0.3, -0.25) is 0 Å². The first kappa shape index (κ1) is 10.4. The quantitative estimate of drug-likeness (QED) is 0.636. The van der Waals surface area contributed by atoms with Gasteiger partial charge in [-0.05, 0) is 16.7 Å². The van der Waals surface area contributed by atoms with Crippen molar-refractivity contribution in [2.75, 3.05) is 0 Å². The minimum absolute atomic E-state index is 0.780. The average Bonchev–Trinajstić information content (AvgIpc) is 2.16. The van der Waals surface area contributed by atoms with Gasteiger partial charge in [0.05, 0.1) is 0 Å². The zero-order valence-electron chi connectivity index (χ0n) is 6.70. The first-order chi connectivity index (χ1) is 5.80. The van der Waals surface area contributed by atoms with E-state index in [2.05, 4.69) is 56.1 Å². The van der Waals surface area contributed by atoms with Gasteiger partial charge in [0.25, 0.3) is 0 Å². The lowest BCUT2D eigenvalue weighted by atomic mass is 10.1. The highest BCUT2D eigenvalue weighted by Crippen LogP contribution is 2.15. The van der Waals surface area contributed by atoms with Gasteiger partial charge in [0.15, 0.2) is 0 Å². The normalized spacial score (nSPS) is 10.2. The molecule has 0 aliphatic carbocycles. The Labute approximate surface area is 90.0 Å². The Kier molecular flexibility index (Phi) is 4.40. The van der Waals surface area contributed by atoms with Crippen molar-refractivity contribution < 1.29 is 0 Å². The van der Waals surface area contributed by atoms with Crippen LogP contribution in [0.15, 0.2) is 18.2 Å². The van der Waals surface area contributed by atoms with E-state index in [0.29, 0.717) is 0 Å². The molecule has 0 nitrogen and oxygen atoms in total. The fourth-order valence-electron chi connectivity index (χ4n) is 1.11. The Balaban J connectivity index is 3.01. The predicted molar refractivity (Wildman–Crippen MR) is 64.5 cm³/mol. The molecule has 1 aromatic rings. The van der Waals surface area contributed by atoms with E-state index in [1.807, 2.05) is 0 Å². The highest BCUT2D eigenvalue weighted by Gasteiger charge is 1.97. The zero-order valence-corrected chi connectivity index (χ0v) is 9.38. The molecule has 12 heavy (non-hydrogen) atoms. The van der Waals surface area contributed by atoms with E-state index in [1.54, 1.807) is 0 Å². The van der Waals surface area contributed by atoms with Crippen LogP contribution in [-0.4, -0.2) is 0 Å². The molecule has 3 heteroatoms. The topological polar surface area (TPSA) is 0 Å². The van der Waals surface area contributed by atoms with Crippen LogP contribution in [0.1, 0.15) is 16.7 Å². The number of thiol groups is 3. The molecule has 1 rings (SSSR count). The third-order valence-electron chi connectivity index (χ3n) is 1.66. The summed E-state index contributed by atoms with van der Waals surface area (Å²) in [7, 11) is 0. The van der Waals surface area contributed by atoms with Crippen LogP contribution in [0.3, 0.4) is 0 Å². The summed E-state index contributed by atoms with van der Waals surface area (Å²) < 4.78 is 0. The molecule has 0 amide bonds. The summed E-state index contributed by atoms with van der Waals surface area (Å²) in [5.41, 5.74) is 3.73. The molecule has 0 heterocycles. The standard InChI is InChI=1S/C9H12S3/c10-4-7-1-8(5-11)3-9(2-7)6-12/h1-3,10-12H,4-6H2. The van der Waals surface area contributed by atoms with Crippen molar-refractivity contribution in [1.29, 1.82) is 0 Å². The van der Waals surface area contributed by atoms with E-state index in [1.165, 1.54) is 16.7 Å². The Hall–Kier alpha value is 0.270. The largest absolute Gasteiger partial charge is 0.175 e. The molecule has 0 N–H and O–H groups in total. The number of hydrogen-bond donors (Lipinski definition) is 3. The highest BCUT2D eigenvalue weighted by atomic mass is 32.1. The van der Waals surface area contributed by atoms with Crippen LogP contribution in [0.5, 0.6) is 0 Å². The second-order valence-corrected chi connectivity index (χ2v) is 3.58. The van der Waals surface area contributed by atoms with Crippen LogP contribution in [0, 0.1) is 0 Å². The maximum absolute atomic E-state index is 4.23. The maximum atomic E-state index is 4.23. The van der Waals surface area contributed by atoms with Gasteiger partial charge in [-0.2, -0.15) is 37.9 Å². The number of rotatable bonds is 3. The molecule has 0 bridgehead atoms. The van der Waals surface area contributed by atoms with Crippen LogP contribution in [-0.2, 0) is 17.3 Å². The Morgan fingerprint density at radius 2 is 0.917 bits per heavy atom. The summed E-state index contributed by atoms with van der Waals surface area (Å²) in [6, 6.07) is 6.40. The lowest BCUT2D eigenvalue weighted by molar-refractivity contribution is 1.28. The van der Waals surface area contributed by atoms with Gasteiger partial charge in [-0.25, -0.2) is 0 Å². The molecule has 0 radical (unpaired) electrons. The van der Waals surface area contributed by atoms with E-state index in [4.69, 9.17) is 0 Å². The molecule has 0 fully saturated rings. The van der Waals surface area contributed by atoms with E-state index >= 15 is 0 Å². The molecule has 0 saturated heterocycles. The van der Waals surface area contributed by atoms with Crippen LogP contribution in [0.4, 0.5) is 0 Å². The van der Waals surface area contributed by atoms with Gasteiger partial charge >= 0.3 is 0 Å². The van der Waals surface area contributed by atoms with Crippen LogP contribution in [0.25, 0.3) is 0 Å². The average molecular weight is 216 g/mol. The van der Waals surface area contributed by atoms with Crippen molar-refractivity contribution in [3.63, 3.8) is 0 Å². The molecular formula is C9H12S3. The van der Waals surface area contributed by atoms with Crippen molar-refractivity contribution in [3.05, 3.63) is 34.9 Å². The van der Waals surface area contributed by atoms with Crippen molar-refractivity contribution in [2.24, 2.45) is 0 Å². The van der Waals surface area contributed by atoms with Crippen LogP contribution < -0.4 is 0 Å². The summed E-state index contributed by atoms with van der Waals surface area (Å²) in [5.74, 6) is 2.34. The van der Waals surface area contributed by atoms with Gasteiger partial charge in [-0.1, -0.05) is 18.2 Å². The van der Waals surface area contributed by atoms with Crippen molar-refractivity contribution in [3.8, 4) is 0 Å². The molecule has 66 valence electrons. The van der Waals surface area contributed by atoms with Crippen molar-refractivity contribution in [2.45, 2.75) is 17.3 Å². The predicted octanol–water partition coefficient (Wildman–Crippen LogP) is 2.98. The minimum Gasteiger partial charge on any atom is -0.175 e. The van der Waals surface area contributed by atoms with Gasteiger partial charge in [0, 0.05) is 17.3 Å². The third-order valence-corrected chi connectivity index (χ3v) is 2.76. The molecular weight excluding hydrogens is 204 g/mol. The molecule has 0 aromatic heterocycles. The second kappa shape index (κ2) is 5.10. The smallest absolute Gasteiger partial charge is 0.0154 e. The summed E-state index contributed by atoms with van der Waals surface area (Å²) in [4.78, 5) is 0. The summed E-state index contributed by atoms with van der Waals surface area (Å²) in [6.45, 7) is 0. The summed E-state index contributed by atoms with van der Waals surface area (Å²) in [5, 5.41) is 0. The summed E-state index contributed by atoms with van der Waals surface area (Å²) >= 11 is 12.7. The first-order valence-electron chi connectivity index (χ1n) is 3.74. The second-order valence-electron chi connectivity index (χ2n) is 2.63. The number of benzene rings is 1. The van der Waals surface area contributed by atoms with Gasteiger partial charge < -0.3 is 0 Å². The number of hydrogen-bond acceptors (Lipinski definition) is 3. The molecule has 0 atom stereocenters. The van der Waals surface area contributed by atoms with Crippen molar-refractivity contribution >= 4 is 37.9 Å². The molecule has 0 unspecified atom stereocenters. The Bertz CT molecular complexity index is 203. The fourth-order valence-corrected chi connectivity index (χ4v) is 1.66. The monoisotopic (exact) mass is 216 g/mol. The first-order valence-corrected chi connectivity index (χ1v) is 5.64. The minimum atomic E-state index is 0.780. The van der Waals surface area contributed by atoms with Crippen molar-refractivity contribution in [1.82, 2.24) is 0 Å². The van der Waals surface area contributed by atoms with E-state index in [9.17, 15) is 0 Å². The SMILES string of the molecule is SCc1cc(CS)cc(CS)c1. The van der Waals surface area contributed by atoms with E-state index in [0.717, 1.165) is 17.3 Å². The zero-order chi connectivity index (χ0) is 8.97. The van der Waals surface area contributed by atoms with Crippen LogP contribution >= 0.6 is 37.9 Å². The van der Waals surface area contributed by atoms with Gasteiger partial charge in [0.2, 0.25) is 0 Å². The molecule has 0 spiro atoms. The van der Waals surface area contributed by atoms with Gasteiger partial charge in [-0.15, -0.1) is 0 Å². The third kappa shape index (κ3) is 2.64. The lowest BCUT2D eigenvalue weighted by Crippen LogP contribution is -1.87. The lowest BCUT2D eigenvalue weighted by Gasteiger charge is -2.04. The highest BCUT2D eigenvalue weighted by molar-refractivity contribution is 7.79. The fraction of sp³-hybridized carbons (Fsp3) is 0.333.